The van der Waals surface area contributed by atoms with Gasteiger partial charge in [-0.2, -0.15) is 0 Å². The second-order valence-electron chi connectivity index (χ2n) is 8.65. The summed E-state index contributed by atoms with van der Waals surface area (Å²) in [5.41, 5.74) is 2.26. The van der Waals surface area contributed by atoms with Crippen molar-refractivity contribution in [3.05, 3.63) is 88.5 Å². The summed E-state index contributed by atoms with van der Waals surface area (Å²) >= 11 is 6.08. The van der Waals surface area contributed by atoms with Gasteiger partial charge < -0.3 is 19.3 Å². The molecule has 0 unspecified atom stereocenters. The fourth-order valence-corrected chi connectivity index (χ4v) is 4.80. The van der Waals surface area contributed by atoms with E-state index in [9.17, 15) is 14.7 Å². The number of aliphatic hydroxyl groups excluding tert-OH is 1. The standard InChI is InChI=1S/C26H24ClN3O4/c1-16-13-19-14-18(5-8-21(19)34-16)24(31)22-23(17-3-6-20(27)7-4-17)30(26(33)25(22)32)11-2-10-29-12-9-28-15-29/h3-9,12,14-16,23,31H,2,10-11,13H2,1H3/t16-,23+/m0/s1. The van der Waals surface area contributed by atoms with Crippen LogP contribution in [0.5, 0.6) is 5.75 Å². The Morgan fingerprint density at radius 1 is 1.18 bits per heavy atom. The van der Waals surface area contributed by atoms with Gasteiger partial charge in [-0.3, -0.25) is 9.59 Å². The summed E-state index contributed by atoms with van der Waals surface area (Å²) in [5.74, 6) is -0.716. The number of hydrogen-bond acceptors (Lipinski definition) is 5. The number of amides is 1. The molecule has 1 N–H and O–H groups in total. The Labute approximate surface area is 202 Å². The van der Waals surface area contributed by atoms with Crippen molar-refractivity contribution in [3.63, 3.8) is 0 Å². The predicted octanol–water partition coefficient (Wildman–Crippen LogP) is 4.37. The zero-order valence-corrected chi connectivity index (χ0v) is 19.4. The molecule has 2 atom stereocenters. The van der Waals surface area contributed by atoms with Crippen LogP contribution in [0.3, 0.4) is 0 Å². The molecule has 2 aliphatic rings. The molecule has 0 bridgehead atoms. The molecule has 3 heterocycles. The fraction of sp³-hybridized carbons (Fsp3) is 0.269. The number of benzene rings is 2. The van der Waals surface area contributed by atoms with Crippen LogP contribution >= 0.6 is 11.6 Å². The smallest absolute Gasteiger partial charge is 0.295 e. The number of aliphatic hydroxyl groups is 1. The third-order valence-corrected chi connectivity index (χ3v) is 6.52. The first-order valence-electron chi connectivity index (χ1n) is 11.2. The number of likely N-dealkylation sites (tertiary alicyclic amines) is 1. The maximum atomic E-state index is 13.2. The average Bonchev–Trinajstić information content (AvgIpc) is 3.53. The normalized spacial score (nSPS) is 21.1. The summed E-state index contributed by atoms with van der Waals surface area (Å²) in [6.07, 6.45) is 6.67. The number of carbonyl (C=O) groups excluding carboxylic acids is 2. The van der Waals surface area contributed by atoms with Crippen LogP contribution in [0.15, 0.2) is 66.8 Å². The first-order valence-corrected chi connectivity index (χ1v) is 11.6. The molecule has 5 rings (SSSR count). The Bertz CT molecular complexity index is 1270. The number of hydrogen-bond donors (Lipinski definition) is 1. The lowest BCUT2D eigenvalue weighted by Gasteiger charge is -2.25. The lowest BCUT2D eigenvalue weighted by Crippen LogP contribution is -2.31. The Hall–Kier alpha value is -3.58. The topological polar surface area (TPSA) is 84.7 Å². The number of nitrogens with zero attached hydrogens (tertiary/aromatic N) is 3. The molecular weight excluding hydrogens is 454 g/mol. The van der Waals surface area contributed by atoms with E-state index in [4.69, 9.17) is 16.3 Å². The molecule has 0 radical (unpaired) electrons. The van der Waals surface area contributed by atoms with Gasteiger partial charge in [0.05, 0.1) is 17.9 Å². The highest BCUT2D eigenvalue weighted by Gasteiger charge is 2.45. The number of Topliss-reactive ketones (excluding diaryl/α,β-unsaturated/α-hetero) is 1. The molecule has 0 spiro atoms. The lowest BCUT2D eigenvalue weighted by molar-refractivity contribution is -0.139. The quantitative estimate of drug-likeness (QED) is 0.324. The van der Waals surface area contributed by atoms with E-state index < -0.39 is 17.7 Å². The molecule has 0 aliphatic carbocycles. The van der Waals surface area contributed by atoms with Gasteiger partial charge in [-0.15, -0.1) is 0 Å². The van der Waals surface area contributed by atoms with Crippen LogP contribution in [-0.2, 0) is 22.6 Å². The Morgan fingerprint density at radius 2 is 1.97 bits per heavy atom. The molecule has 0 saturated carbocycles. The second kappa shape index (κ2) is 8.99. The molecule has 2 aromatic carbocycles. The highest BCUT2D eigenvalue weighted by Crippen LogP contribution is 2.41. The molecule has 1 aromatic heterocycles. The van der Waals surface area contributed by atoms with E-state index in [2.05, 4.69) is 4.98 Å². The molecule has 7 nitrogen and oxygen atoms in total. The minimum Gasteiger partial charge on any atom is -0.507 e. The summed E-state index contributed by atoms with van der Waals surface area (Å²) in [6, 6.07) is 11.7. The minimum atomic E-state index is -0.705. The number of ketones is 1. The minimum absolute atomic E-state index is 0.0579. The van der Waals surface area contributed by atoms with Crippen molar-refractivity contribution in [2.75, 3.05) is 6.54 Å². The van der Waals surface area contributed by atoms with Crippen LogP contribution in [0.4, 0.5) is 0 Å². The zero-order valence-electron chi connectivity index (χ0n) is 18.6. The number of aryl methyl sites for hydroxylation is 1. The van der Waals surface area contributed by atoms with E-state index in [1.807, 2.05) is 23.8 Å². The molecule has 1 amide bonds. The monoisotopic (exact) mass is 477 g/mol. The predicted molar refractivity (Wildman–Crippen MR) is 128 cm³/mol. The van der Waals surface area contributed by atoms with Crippen LogP contribution in [0.1, 0.15) is 36.1 Å². The van der Waals surface area contributed by atoms with E-state index >= 15 is 0 Å². The Morgan fingerprint density at radius 3 is 2.71 bits per heavy atom. The van der Waals surface area contributed by atoms with E-state index in [-0.39, 0.29) is 17.4 Å². The van der Waals surface area contributed by atoms with Crippen LogP contribution in [0.25, 0.3) is 5.76 Å². The molecule has 3 aromatic rings. The SMILES string of the molecule is C[C@H]1Cc2cc(C(O)=C3C(=O)C(=O)N(CCCn4ccnc4)[C@@H]3c3ccc(Cl)cc3)ccc2O1. The van der Waals surface area contributed by atoms with Gasteiger partial charge in [-0.05, 0) is 54.8 Å². The van der Waals surface area contributed by atoms with Crippen molar-refractivity contribution in [3.8, 4) is 5.75 Å². The van der Waals surface area contributed by atoms with Crippen LogP contribution < -0.4 is 4.74 Å². The number of fused-ring (bicyclic) bond motifs is 1. The van der Waals surface area contributed by atoms with Crippen LogP contribution in [0.2, 0.25) is 5.02 Å². The van der Waals surface area contributed by atoms with Gasteiger partial charge in [-0.1, -0.05) is 23.7 Å². The highest BCUT2D eigenvalue weighted by atomic mass is 35.5. The molecular formula is C26H24ClN3O4. The summed E-state index contributed by atoms with van der Waals surface area (Å²) in [5, 5.41) is 11.8. The largest absolute Gasteiger partial charge is 0.507 e. The maximum Gasteiger partial charge on any atom is 0.295 e. The zero-order chi connectivity index (χ0) is 23.8. The van der Waals surface area contributed by atoms with Gasteiger partial charge in [0, 0.05) is 42.5 Å². The number of carbonyl (C=O) groups is 2. The van der Waals surface area contributed by atoms with Gasteiger partial charge in [0.15, 0.2) is 0 Å². The molecule has 34 heavy (non-hydrogen) atoms. The van der Waals surface area contributed by atoms with Crippen molar-refractivity contribution in [1.82, 2.24) is 14.5 Å². The summed E-state index contributed by atoms with van der Waals surface area (Å²) in [4.78, 5) is 31.8. The number of ether oxygens (including phenoxy) is 1. The Balaban J connectivity index is 1.52. The highest BCUT2D eigenvalue weighted by molar-refractivity contribution is 6.46. The van der Waals surface area contributed by atoms with Gasteiger partial charge in [0.1, 0.15) is 17.6 Å². The summed E-state index contributed by atoms with van der Waals surface area (Å²) < 4.78 is 7.67. The van der Waals surface area contributed by atoms with E-state index in [1.165, 1.54) is 4.90 Å². The van der Waals surface area contributed by atoms with Crippen molar-refractivity contribution in [2.24, 2.45) is 0 Å². The van der Waals surface area contributed by atoms with Crippen LogP contribution in [0, 0.1) is 0 Å². The summed E-state index contributed by atoms with van der Waals surface area (Å²) in [6.45, 7) is 2.98. The number of halogens is 1. The van der Waals surface area contributed by atoms with Crippen molar-refractivity contribution < 1.29 is 19.4 Å². The van der Waals surface area contributed by atoms with Gasteiger partial charge >= 0.3 is 0 Å². The lowest BCUT2D eigenvalue weighted by atomic mass is 9.94. The molecule has 2 aliphatic heterocycles. The molecule has 1 saturated heterocycles. The van der Waals surface area contributed by atoms with Crippen molar-refractivity contribution in [1.29, 1.82) is 0 Å². The van der Waals surface area contributed by atoms with Gasteiger partial charge in [0.2, 0.25) is 0 Å². The third kappa shape index (κ3) is 4.07. The molecule has 174 valence electrons. The first-order chi connectivity index (χ1) is 16.4. The van der Waals surface area contributed by atoms with Crippen LogP contribution in [-0.4, -0.2) is 43.9 Å². The van der Waals surface area contributed by atoms with Crippen molar-refractivity contribution >= 4 is 29.1 Å². The van der Waals surface area contributed by atoms with E-state index in [0.29, 0.717) is 35.7 Å². The maximum absolute atomic E-state index is 13.2. The molecule has 8 heteroatoms. The average molecular weight is 478 g/mol. The summed E-state index contributed by atoms with van der Waals surface area (Å²) in [7, 11) is 0. The first kappa shape index (κ1) is 22.2. The van der Waals surface area contributed by atoms with Crippen molar-refractivity contribution in [2.45, 2.75) is 38.5 Å². The van der Waals surface area contributed by atoms with Gasteiger partial charge in [0.25, 0.3) is 11.7 Å². The molecule has 1 fully saturated rings. The number of imidazole rings is 1. The van der Waals surface area contributed by atoms with E-state index in [0.717, 1.165) is 17.7 Å². The third-order valence-electron chi connectivity index (χ3n) is 6.27. The van der Waals surface area contributed by atoms with Gasteiger partial charge in [-0.25, -0.2) is 4.98 Å². The second-order valence-corrected chi connectivity index (χ2v) is 9.09. The Kier molecular flexibility index (Phi) is 5.87. The number of aromatic nitrogens is 2. The number of rotatable bonds is 6. The van der Waals surface area contributed by atoms with E-state index in [1.54, 1.807) is 48.9 Å². The fourth-order valence-electron chi connectivity index (χ4n) is 4.67.